The fourth-order valence-electron chi connectivity index (χ4n) is 6.84. The summed E-state index contributed by atoms with van der Waals surface area (Å²) in [5.74, 6) is 1.56. The van der Waals surface area contributed by atoms with E-state index in [0.717, 1.165) is 59.0 Å². The Morgan fingerprint density at radius 2 is 1.32 bits per heavy atom. The monoisotopic (exact) mass is 826 g/mol. The summed E-state index contributed by atoms with van der Waals surface area (Å²) >= 11 is 3.54. The van der Waals surface area contributed by atoms with Crippen molar-refractivity contribution in [2.24, 2.45) is 0 Å². The Hall–Kier alpha value is -4.77. The summed E-state index contributed by atoms with van der Waals surface area (Å²) in [4.78, 5) is 22.5. The van der Waals surface area contributed by atoms with Crippen LogP contribution < -0.4 is 15.4 Å². The predicted octanol–water partition coefficient (Wildman–Crippen LogP) is 10.7. The molecule has 0 bridgehead atoms. The lowest BCUT2D eigenvalue weighted by Crippen LogP contribution is -2.31. The summed E-state index contributed by atoms with van der Waals surface area (Å²) < 4.78 is 12.7. The number of carbonyl (C=O) groups excluding carboxylic acids is 1. The number of amides is 1. The van der Waals surface area contributed by atoms with Crippen molar-refractivity contribution in [3.8, 4) is 5.75 Å². The summed E-state index contributed by atoms with van der Waals surface area (Å²) in [6.45, 7) is 8.73. The van der Waals surface area contributed by atoms with Crippen molar-refractivity contribution in [1.29, 1.82) is 0 Å². The Morgan fingerprint density at radius 1 is 0.644 bits per heavy atom. The second kappa shape index (κ2) is 22.0. The first-order valence-electron chi connectivity index (χ1n) is 20.7. The van der Waals surface area contributed by atoms with Crippen molar-refractivity contribution in [3.05, 3.63) is 148 Å². The minimum atomic E-state index is -0.102. The van der Waals surface area contributed by atoms with E-state index < -0.39 is 0 Å². The molecule has 5 aromatic rings. The number of hydrogen-bond acceptors (Lipinski definition) is 8. The van der Waals surface area contributed by atoms with Gasteiger partial charge >= 0.3 is 0 Å². The van der Waals surface area contributed by atoms with Crippen LogP contribution in [0, 0.1) is 0 Å². The van der Waals surface area contributed by atoms with Gasteiger partial charge in [-0.1, -0.05) is 98.0 Å². The smallest absolute Gasteiger partial charge is 0.251 e. The quantitative estimate of drug-likeness (QED) is 0.0899. The first-order chi connectivity index (χ1) is 28.8. The lowest BCUT2D eigenvalue weighted by molar-refractivity contribution is 0.0953. The van der Waals surface area contributed by atoms with Gasteiger partial charge in [0.15, 0.2) is 0 Å². The van der Waals surface area contributed by atoms with E-state index in [1.165, 1.54) is 36.9 Å². The zero-order valence-electron chi connectivity index (χ0n) is 35.3. The molecule has 0 fully saturated rings. The normalized spacial score (nSPS) is 12.7. The summed E-state index contributed by atoms with van der Waals surface area (Å²) in [5.41, 5.74) is 8.84. The van der Waals surface area contributed by atoms with Gasteiger partial charge in [0.2, 0.25) is 0 Å². The van der Waals surface area contributed by atoms with Crippen molar-refractivity contribution in [3.63, 3.8) is 0 Å². The molecule has 0 atom stereocenters. The highest BCUT2D eigenvalue weighted by Crippen LogP contribution is 2.44. The Bertz CT molecular complexity index is 2250. The fourth-order valence-corrected chi connectivity index (χ4v) is 8.94. The maximum atomic E-state index is 13.3. The molecule has 59 heavy (non-hydrogen) atoms. The lowest BCUT2D eigenvalue weighted by atomic mass is 9.98. The minimum Gasteiger partial charge on any atom is -0.492 e. The molecule has 0 aliphatic carbocycles. The van der Waals surface area contributed by atoms with Crippen LogP contribution in [0.4, 0.5) is 0 Å². The van der Waals surface area contributed by atoms with Crippen LogP contribution in [0.25, 0.3) is 23.5 Å². The van der Waals surface area contributed by atoms with Crippen LogP contribution in [0.3, 0.4) is 0 Å². The van der Waals surface area contributed by atoms with Crippen molar-refractivity contribution >= 4 is 52.9 Å². The zero-order valence-corrected chi connectivity index (χ0v) is 37.0. The standard InChI is InChI=1S/C48H52N4O3S2.C2H6/c1-51(2)24-10-15-36-28-37-13-5-7-16-44(37)56-46-21-19-40(31-41(36)46)55-33-35-12-9-11-34(27-35)32-49-22-23-50-48(53)39-18-20-47-42(29-39)43(54-26-25-52(3)4)30-38-14-6-8-17-45(38)57-47;1-2/h5-9,11-14,16-21,27-31,49H,10,15,22-26,32-33H2,1-4H3,(H,50,53);1-2H3. The zero-order chi connectivity index (χ0) is 41.6. The first kappa shape index (κ1) is 43.8. The van der Waals surface area contributed by atoms with Crippen molar-refractivity contribution in [1.82, 2.24) is 20.4 Å². The minimum absolute atomic E-state index is 0.102. The SMILES string of the molecule is CC.CN(C)CCCC1=Cc2ccccc2Sc2ccc(OCc3cccc(CNCCNC(=O)c4ccc5c(c4)C(OCCN(C)C)=Cc4ccccc4S5)c3)cc21. The Morgan fingerprint density at radius 3 is 2.07 bits per heavy atom. The van der Waals surface area contributed by atoms with Crippen LogP contribution in [0.2, 0.25) is 0 Å². The number of fused-ring (bicyclic) bond motifs is 4. The van der Waals surface area contributed by atoms with E-state index in [2.05, 4.69) is 132 Å². The third kappa shape index (κ3) is 12.4. The van der Waals surface area contributed by atoms with Crippen molar-refractivity contribution in [2.45, 2.75) is 59.4 Å². The van der Waals surface area contributed by atoms with Gasteiger partial charge in [-0.25, -0.2) is 0 Å². The van der Waals surface area contributed by atoms with E-state index in [4.69, 9.17) is 9.47 Å². The van der Waals surface area contributed by atoms with Gasteiger partial charge in [-0.15, -0.1) is 0 Å². The molecule has 1 amide bonds. The average Bonchev–Trinajstić information content (AvgIpc) is 3.50. The molecule has 0 unspecified atom stereocenters. The number of benzene rings is 5. The molecule has 5 aromatic carbocycles. The molecule has 0 radical (unpaired) electrons. The number of carbonyl (C=O) groups is 1. The summed E-state index contributed by atoms with van der Waals surface area (Å²) in [7, 11) is 8.33. The lowest BCUT2D eigenvalue weighted by Gasteiger charge is -2.16. The third-order valence-corrected chi connectivity index (χ3v) is 12.2. The molecule has 2 aliphatic heterocycles. The van der Waals surface area contributed by atoms with Crippen molar-refractivity contribution in [2.75, 3.05) is 61.0 Å². The topological polar surface area (TPSA) is 66.1 Å². The number of rotatable bonds is 17. The number of likely N-dealkylation sites (N-methyl/N-ethyl adjacent to an activating group) is 1. The molecule has 308 valence electrons. The molecule has 0 aromatic heterocycles. The molecule has 2 heterocycles. The van der Waals surface area contributed by atoms with Crippen LogP contribution in [-0.2, 0) is 17.9 Å². The second-order valence-corrected chi connectivity index (χ2v) is 17.1. The molecule has 2 N–H and O–H groups in total. The number of hydrogen-bond donors (Lipinski definition) is 2. The molecular formula is C50H58N4O3S2. The van der Waals surface area contributed by atoms with Crippen LogP contribution in [0.15, 0.2) is 129 Å². The van der Waals surface area contributed by atoms with Crippen molar-refractivity contribution < 1.29 is 14.3 Å². The van der Waals surface area contributed by atoms with Gasteiger partial charge in [0, 0.05) is 56.9 Å². The number of nitrogens with one attached hydrogen (secondary N) is 2. The third-order valence-electron chi connectivity index (χ3n) is 9.86. The van der Waals surface area contributed by atoms with E-state index in [1.807, 2.05) is 64.0 Å². The van der Waals surface area contributed by atoms with Crippen LogP contribution in [-0.4, -0.2) is 76.7 Å². The highest BCUT2D eigenvalue weighted by Gasteiger charge is 2.20. The van der Waals surface area contributed by atoms with Crippen LogP contribution in [0.5, 0.6) is 5.75 Å². The van der Waals surface area contributed by atoms with Gasteiger partial charge in [-0.2, -0.15) is 0 Å². The maximum Gasteiger partial charge on any atom is 0.251 e. The van der Waals surface area contributed by atoms with Gasteiger partial charge in [-0.3, -0.25) is 4.79 Å². The van der Waals surface area contributed by atoms with Gasteiger partial charge in [0.1, 0.15) is 24.7 Å². The summed E-state index contributed by atoms with van der Waals surface area (Å²) in [6, 6.07) is 37.9. The molecular weight excluding hydrogens is 769 g/mol. The van der Waals surface area contributed by atoms with E-state index in [9.17, 15) is 4.79 Å². The van der Waals surface area contributed by atoms with Gasteiger partial charge in [0.25, 0.3) is 5.91 Å². The predicted molar refractivity (Wildman–Crippen MR) is 248 cm³/mol. The molecule has 9 heteroatoms. The number of nitrogens with zero attached hydrogens (tertiary/aromatic N) is 2. The van der Waals surface area contributed by atoms with E-state index in [0.29, 0.717) is 38.4 Å². The molecule has 0 saturated heterocycles. The van der Waals surface area contributed by atoms with Crippen LogP contribution in [0.1, 0.15) is 70.4 Å². The maximum absolute atomic E-state index is 13.3. The Kier molecular flexibility index (Phi) is 16.3. The molecule has 0 saturated carbocycles. The highest BCUT2D eigenvalue weighted by atomic mass is 32.2. The molecule has 7 nitrogen and oxygen atoms in total. The number of allylic oxidation sites excluding steroid dienone is 1. The molecule has 7 rings (SSSR count). The Labute approximate surface area is 360 Å². The van der Waals surface area contributed by atoms with E-state index in [1.54, 1.807) is 11.8 Å². The van der Waals surface area contributed by atoms with Crippen LogP contribution >= 0.6 is 23.5 Å². The molecule has 2 aliphatic rings. The second-order valence-electron chi connectivity index (χ2n) is 14.9. The molecule has 0 spiro atoms. The number of ether oxygens (including phenoxy) is 2. The van der Waals surface area contributed by atoms with E-state index >= 15 is 0 Å². The van der Waals surface area contributed by atoms with E-state index in [-0.39, 0.29) is 5.91 Å². The average molecular weight is 827 g/mol. The van der Waals surface area contributed by atoms with Gasteiger partial charge in [0.05, 0.1) is 0 Å². The Balaban J connectivity index is 0.00000288. The van der Waals surface area contributed by atoms with Gasteiger partial charge in [-0.05, 0) is 142 Å². The fraction of sp³-hybridized carbons (Fsp3) is 0.300. The summed E-state index contributed by atoms with van der Waals surface area (Å²) in [5, 5.41) is 6.58. The first-order valence-corrected chi connectivity index (χ1v) is 22.3. The van der Waals surface area contributed by atoms with Gasteiger partial charge < -0.3 is 29.9 Å². The summed E-state index contributed by atoms with van der Waals surface area (Å²) in [6.07, 6.45) is 6.56. The highest BCUT2D eigenvalue weighted by molar-refractivity contribution is 7.99. The largest absolute Gasteiger partial charge is 0.492 e.